The van der Waals surface area contributed by atoms with Gasteiger partial charge in [0.1, 0.15) is 0 Å². The lowest BCUT2D eigenvalue weighted by Gasteiger charge is -2.14. The van der Waals surface area contributed by atoms with E-state index in [4.69, 9.17) is 4.42 Å². The van der Waals surface area contributed by atoms with Crippen LogP contribution in [0.15, 0.2) is 65.1 Å². The standard InChI is InChI=1S/C21H23N3O/c1-3-8-17(9-4-1)10-7-14-24-15-13-19(16-24)21-23-22-20(25-21)18-11-5-2-6-12-18/h1-6,8-9,11-12,19H,7,10,13-16H2/t19-/m0/s1. The Morgan fingerprint density at radius 3 is 2.52 bits per heavy atom. The molecule has 0 N–H and O–H groups in total. The number of hydrogen-bond acceptors (Lipinski definition) is 4. The lowest BCUT2D eigenvalue weighted by atomic mass is 10.1. The Morgan fingerprint density at radius 1 is 0.960 bits per heavy atom. The van der Waals surface area contributed by atoms with E-state index in [-0.39, 0.29) is 0 Å². The molecule has 0 spiro atoms. The molecule has 0 amide bonds. The van der Waals surface area contributed by atoms with Gasteiger partial charge in [0.05, 0.1) is 5.92 Å². The van der Waals surface area contributed by atoms with Crippen molar-refractivity contribution in [3.8, 4) is 11.5 Å². The van der Waals surface area contributed by atoms with Crippen LogP contribution in [0.4, 0.5) is 0 Å². The number of benzene rings is 2. The predicted molar refractivity (Wildman–Crippen MR) is 98.3 cm³/mol. The average molecular weight is 333 g/mol. The number of hydrogen-bond donors (Lipinski definition) is 0. The fraction of sp³-hybridized carbons (Fsp3) is 0.333. The second kappa shape index (κ2) is 7.62. The lowest BCUT2D eigenvalue weighted by molar-refractivity contribution is 0.323. The summed E-state index contributed by atoms with van der Waals surface area (Å²) in [5.41, 5.74) is 2.40. The Hall–Kier alpha value is -2.46. The SMILES string of the molecule is c1ccc(CCCN2CC[C@H](c3nnc(-c4ccccc4)o3)C2)cc1. The molecule has 2 heterocycles. The second-order valence-electron chi connectivity index (χ2n) is 6.69. The van der Waals surface area contributed by atoms with Crippen molar-refractivity contribution in [2.24, 2.45) is 0 Å². The minimum absolute atomic E-state index is 0.363. The molecule has 4 heteroatoms. The molecule has 1 aliphatic rings. The molecule has 0 bridgehead atoms. The largest absolute Gasteiger partial charge is 0.420 e. The fourth-order valence-electron chi connectivity index (χ4n) is 3.49. The fourth-order valence-corrected chi connectivity index (χ4v) is 3.49. The Balaban J connectivity index is 1.30. The van der Waals surface area contributed by atoms with Crippen LogP contribution >= 0.6 is 0 Å². The maximum atomic E-state index is 5.93. The third-order valence-corrected chi connectivity index (χ3v) is 4.87. The van der Waals surface area contributed by atoms with Crippen molar-refractivity contribution in [2.45, 2.75) is 25.2 Å². The topological polar surface area (TPSA) is 42.2 Å². The van der Waals surface area contributed by atoms with Gasteiger partial charge in [-0.3, -0.25) is 0 Å². The van der Waals surface area contributed by atoms with Crippen LogP contribution in [0, 0.1) is 0 Å². The molecule has 1 fully saturated rings. The van der Waals surface area contributed by atoms with Crippen molar-refractivity contribution in [2.75, 3.05) is 19.6 Å². The van der Waals surface area contributed by atoms with Gasteiger partial charge in [-0.15, -0.1) is 10.2 Å². The molecule has 128 valence electrons. The summed E-state index contributed by atoms with van der Waals surface area (Å²) >= 11 is 0. The Labute approximate surface area is 148 Å². The highest BCUT2D eigenvalue weighted by atomic mass is 16.4. The minimum Gasteiger partial charge on any atom is -0.420 e. The molecule has 0 radical (unpaired) electrons. The molecule has 4 nitrogen and oxygen atoms in total. The quantitative estimate of drug-likeness (QED) is 0.679. The van der Waals surface area contributed by atoms with Crippen LogP contribution in [-0.4, -0.2) is 34.7 Å². The third kappa shape index (κ3) is 3.97. The molecule has 0 saturated carbocycles. The van der Waals surface area contributed by atoms with E-state index in [0.717, 1.165) is 43.9 Å². The maximum absolute atomic E-state index is 5.93. The van der Waals surface area contributed by atoms with Crippen molar-refractivity contribution in [1.82, 2.24) is 15.1 Å². The summed E-state index contributed by atoms with van der Waals surface area (Å²) in [7, 11) is 0. The maximum Gasteiger partial charge on any atom is 0.247 e. The zero-order chi connectivity index (χ0) is 16.9. The van der Waals surface area contributed by atoms with E-state index in [9.17, 15) is 0 Å². The van der Waals surface area contributed by atoms with Gasteiger partial charge >= 0.3 is 0 Å². The van der Waals surface area contributed by atoms with Crippen LogP contribution in [0.2, 0.25) is 0 Å². The van der Waals surface area contributed by atoms with E-state index in [2.05, 4.69) is 45.4 Å². The van der Waals surface area contributed by atoms with Crippen molar-refractivity contribution in [3.63, 3.8) is 0 Å². The molecule has 25 heavy (non-hydrogen) atoms. The van der Waals surface area contributed by atoms with Crippen LogP contribution in [0.25, 0.3) is 11.5 Å². The number of likely N-dealkylation sites (tertiary alicyclic amines) is 1. The highest BCUT2D eigenvalue weighted by molar-refractivity contribution is 5.51. The van der Waals surface area contributed by atoms with Gasteiger partial charge in [0.2, 0.25) is 11.8 Å². The number of nitrogens with zero attached hydrogens (tertiary/aromatic N) is 3. The summed E-state index contributed by atoms with van der Waals surface area (Å²) in [6, 6.07) is 20.7. The molecule has 1 atom stereocenters. The zero-order valence-electron chi connectivity index (χ0n) is 14.3. The van der Waals surface area contributed by atoms with Gasteiger partial charge in [0, 0.05) is 12.1 Å². The van der Waals surface area contributed by atoms with Crippen LogP contribution in [-0.2, 0) is 6.42 Å². The second-order valence-corrected chi connectivity index (χ2v) is 6.69. The normalized spacial score (nSPS) is 17.8. The highest BCUT2D eigenvalue weighted by Crippen LogP contribution is 2.28. The van der Waals surface area contributed by atoms with Gasteiger partial charge in [-0.2, -0.15) is 0 Å². The Kier molecular flexibility index (Phi) is 4.89. The van der Waals surface area contributed by atoms with E-state index in [1.54, 1.807) is 0 Å². The summed E-state index contributed by atoms with van der Waals surface area (Å²) in [4.78, 5) is 2.51. The van der Waals surface area contributed by atoms with Crippen LogP contribution in [0.5, 0.6) is 0 Å². The molecule has 0 unspecified atom stereocenters. The van der Waals surface area contributed by atoms with Crippen molar-refractivity contribution in [3.05, 3.63) is 72.1 Å². The van der Waals surface area contributed by atoms with Gasteiger partial charge in [-0.25, -0.2) is 0 Å². The molecule has 3 aromatic rings. The molecule has 0 aliphatic carbocycles. The summed E-state index contributed by atoms with van der Waals surface area (Å²) in [5, 5.41) is 8.52. The van der Waals surface area contributed by atoms with Crippen LogP contribution in [0.3, 0.4) is 0 Å². The number of rotatable bonds is 6. The van der Waals surface area contributed by atoms with Crippen LogP contribution in [0.1, 0.15) is 30.2 Å². The first kappa shape index (κ1) is 16.0. The molecule has 1 aliphatic heterocycles. The number of aryl methyl sites for hydroxylation is 1. The number of aromatic nitrogens is 2. The highest BCUT2D eigenvalue weighted by Gasteiger charge is 2.28. The van der Waals surface area contributed by atoms with Crippen molar-refractivity contribution >= 4 is 0 Å². The smallest absolute Gasteiger partial charge is 0.247 e. The van der Waals surface area contributed by atoms with E-state index >= 15 is 0 Å². The minimum atomic E-state index is 0.363. The van der Waals surface area contributed by atoms with Gasteiger partial charge < -0.3 is 9.32 Å². The van der Waals surface area contributed by atoms with Gasteiger partial charge in [-0.1, -0.05) is 48.5 Å². The van der Waals surface area contributed by atoms with Gasteiger partial charge in [0.15, 0.2) is 0 Å². The third-order valence-electron chi connectivity index (χ3n) is 4.87. The van der Waals surface area contributed by atoms with Crippen molar-refractivity contribution in [1.29, 1.82) is 0 Å². The van der Waals surface area contributed by atoms with E-state index < -0.39 is 0 Å². The first-order chi connectivity index (χ1) is 12.4. The lowest BCUT2D eigenvalue weighted by Crippen LogP contribution is -2.22. The summed E-state index contributed by atoms with van der Waals surface area (Å²) in [5.74, 6) is 1.77. The molecule has 4 rings (SSSR count). The first-order valence-corrected chi connectivity index (χ1v) is 9.03. The first-order valence-electron chi connectivity index (χ1n) is 9.03. The Morgan fingerprint density at radius 2 is 1.72 bits per heavy atom. The van der Waals surface area contributed by atoms with E-state index in [1.165, 1.54) is 12.0 Å². The van der Waals surface area contributed by atoms with Gasteiger partial charge in [0.25, 0.3) is 0 Å². The molecule has 1 aromatic heterocycles. The molecular formula is C21H23N3O. The molecular weight excluding hydrogens is 310 g/mol. The van der Waals surface area contributed by atoms with E-state index in [1.807, 2.05) is 30.3 Å². The summed E-state index contributed by atoms with van der Waals surface area (Å²) in [6.45, 7) is 3.26. The van der Waals surface area contributed by atoms with E-state index in [0.29, 0.717) is 11.8 Å². The average Bonchev–Trinajstić information content (AvgIpc) is 3.33. The zero-order valence-corrected chi connectivity index (χ0v) is 14.3. The molecule has 2 aromatic carbocycles. The van der Waals surface area contributed by atoms with Crippen LogP contribution < -0.4 is 0 Å². The van der Waals surface area contributed by atoms with Gasteiger partial charge in [-0.05, 0) is 50.0 Å². The monoisotopic (exact) mass is 333 g/mol. The summed E-state index contributed by atoms with van der Waals surface area (Å²) in [6.07, 6.45) is 3.43. The van der Waals surface area contributed by atoms with Crippen molar-refractivity contribution < 1.29 is 4.42 Å². The Bertz CT molecular complexity index is 785. The predicted octanol–water partition coefficient (Wildman–Crippen LogP) is 4.16. The molecule has 1 saturated heterocycles. The summed E-state index contributed by atoms with van der Waals surface area (Å²) < 4.78 is 5.93.